The topological polar surface area (TPSA) is 0 Å². The van der Waals surface area contributed by atoms with Crippen molar-refractivity contribution in [3.8, 4) is 0 Å². The molecular weight excluding hydrogens is 128 g/mol. The second-order valence-electron chi connectivity index (χ2n) is 0.913. The van der Waals surface area contributed by atoms with E-state index in [9.17, 15) is 0 Å². The molecule has 0 amide bonds. The summed E-state index contributed by atoms with van der Waals surface area (Å²) in [5, 5.41) is 0. The Kier molecular flexibility index (Phi) is 2.57. The van der Waals surface area contributed by atoms with Crippen LogP contribution in [0.1, 0.15) is 6.92 Å². The quantitative estimate of drug-likeness (QED) is 0.380. The average Bonchev–Trinajstić information content (AvgIpc) is 1.38. The van der Waals surface area contributed by atoms with Gasteiger partial charge in [0.1, 0.15) is 0 Å². The lowest BCUT2D eigenvalue weighted by atomic mass is 10.5. The Bertz CT molecular complexity index is 30.6. The zero-order valence-corrected chi connectivity index (χ0v) is 4.83. The Balaban J connectivity index is 2.83. The molecule has 0 aromatic rings. The molecule has 0 aromatic heterocycles. The Morgan fingerprint density at radius 1 is 2.00 bits per heavy atom. The van der Waals surface area contributed by atoms with Crippen LogP contribution in [-0.2, 0) is 0 Å². The molecule has 0 saturated heterocycles. The van der Waals surface area contributed by atoms with Gasteiger partial charge in [0.2, 0.25) is 0 Å². The first-order valence-electron chi connectivity index (χ1n) is 1.54. The molecule has 0 heterocycles. The number of rotatable bonds is 1. The lowest BCUT2D eigenvalue weighted by molar-refractivity contribution is 1.28. The zero-order chi connectivity index (χ0) is 4.28. The summed E-state index contributed by atoms with van der Waals surface area (Å²) in [6.45, 7) is 5.53. The van der Waals surface area contributed by atoms with Crippen molar-refractivity contribution < 1.29 is 0 Å². The third-order valence-electron chi connectivity index (χ3n) is 0.325. The number of hydrogen-bond donors (Lipinski definition) is 0. The number of allylic oxidation sites excluding steroid dienone is 1. The van der Waals surface area contributed by atoms with Crippen LogP contribution in [0.25, 0.3) is 0 Å². The van der Waals surface area contributed by atoms with Gasteiger partial charge in [-0.2, -0.15) is 0 Å². The zero-order valence-electron chi connectivity index (χ0n) is 3.24. The normalized spacial score (nSPS) is 14.0. The number of hydrogen-bond acceptors (Lipinski definition) is 0. The molecule has 1 atom stereocenters. The lowest BCUT2D eigenvalue weighted by Crippen LogP contribution is -1.74. The summed E-state index contributed by atoms with van der Waals surface area (Å²) in [6, 6.07) is 0. The van der Waals surface area contributed by atoms with Crippen LogP contribution in [0.5, 0.6) is 0 Å². The van der Waals surface area contributed by atoms with E-state index in [0.717, 1.165) is 0 Å². The number of alkyl halides is 1. The van der Waals surface area contributed by atoms with Crippen molar-refractivity contribution in [3.05, 3.63) is 12.7 Å². The minimum atomic E-state index is 0.461. The van der Waals surface area contributed by atoms with E-state index in [-0.39, 0.29) is 0 Å². The molecule has 0 aliphatic heterocycles. The molecular formula is C4H7Br. The maximum atomic E-state index is 3.51. The van der Waals surface area contributed by atoms with Gasteiger partial charge in [0, 0.05) is 4.83 Å². The van der Waals surface area contributed by atoms with Crippen LogP contribution in [0, 0.1) is 0 Å². The molecule has 0 radical (unpaired) electrons. The van der Waals surface area contributed by atoms with Crippen LogP contribution in [0.2, 0.25) is 0 Å². The summed E-state index contributed by atoms with van der Waals surface area (Å²) in [5.74, 6) is 0. The molecule has 5 heavy (non-hydrogen) atoms. The molecule has 30 valence electrons. The fourth-order valence-electron chi connectivity index (χ4n) is 0. The molecule has 0 rings (SSSR count). The van der Waals surface area contributed by atoms with Gasteiger partial charge in [-0.3, -0.25) is 0 Å². The van der Waals surface area contributed by atoms with E-state index in [0.29, 0.717) is 4.83 Å². The largest absolute Gasteiger partial charge is 0.102 e. The summed E-state index contributed by atoms with van der Waals surface area (Å²) in [5.41, 5.74) is 0. The van der Waals surface area contributed by atoms with E-state index < -0.39 is 0 Å². The molecule has 0 fully saturated rings. The van der Waals surface area contributed by atoms with Gasteiger partial charge in [-0.15, -0.1) is 6.58 Å². The standard InChI is InChI=1S/C4H7Br/c1-3-4(2)5/h3-4H,1H2,2H3/t4-/m0/s1. The molecule has 0 aliphatic rings. The summed E-state index contributed by atoms with van der Waals surface area (Å²) in [6.07, 6.45) is 1.83. The first-order chi connectivity index (χ1) is 2.27. The van der Waals surface area contributed by atoms with Crippen molar-refractivity contribution in [2.75, 3.05) is 0 Å². The highest BCUT2D eigenvalue weighted by Crippen LogP contribution is 1.94. The van der Waals surface area contributed by atoms with E-state index in [2.05, 4.69) is 22.5 Å². The van der Waals surface area contributed by atoms with Crippen molar-refractivity contribution in [1.29, 1.82) is 0 Å². The van der Waals surface area contributed by atoms with Gasteiger partial charge in [-0.25, -0.2) is 0 Å². The molecule has 0 unspecified atom stereocenters. The smallest absolute Gasteiger partial charge is 0.0294 e. The van der Waals surface area contributed by atoms with E-state index in [1.165, 1.54) is 0 Å². The van der Waals surface area contributed by atoms with Crippen molar-refractivity contribution >= 4 is 15.9 Å². The van der Waals surface area contributed by atoms with Crippen LogP contribution in [-0.4, -0.2) is 4.83 Å². The monoisotopic (exact) mass is 134 g/mol. The van der Waals surface area contributed by atoms with Gasteiger partial charge in [0.15, 0.2) is 0 Å². The van der Waals surface area contributed by atoms with Crippen LogP contribution in [0.3, 0.4) is 0 Å². The second-order valence-corrected chi connectivity index (χ2v) is 2.36. The predicted octanol–water partition coefficient (Wildman–Crippen LogP) is 1.96. The van der Waals surface area contributed by atoms with Crippen molar-refractivity contribution in [1.82, 2.24) is 0 Å². The highest BCUT2D eigenvalue weighted by atomic mass is 79.9. The summed E-state index contributed by atoms with van der Waals surface area (Å²) in [4.78, 5) is 0.461. The van der Waals surface area contributed by atoms with Crippen molar-refractivity contribution in [2.24, 2.45) is 0 Å². The SMILES string of the molecule is C=C[C@H](C)Br. The average molecular weight is 135 g/mol. The van der Waals surface area contributed by atoms with Crippen molar-refractivity contribution in [3.63, 3.8) is 0 Å². The molecule has 0 nitrogen and oxygen atoms in total. The third kappa shape index (κ3) is 4.22. The molecule has 1 heteroatoms. The third-order valence-corrected chi connectivity index (χ3v) is 0.699. The molecule has 0 aromatic carbocycles. The maximum Gasteiger partial charge on any atom is 0.0294 e. The number of halogens is 1. The Labute approximate surface area is 41.0 Å². The first-order valence-corrected chi connectivity index (χ1v) is 2.45. The highest BCUT2D eigenvalue weighted by Gasteiger charge is 1.76. The lowest BCUT2D eigenvalue weighted by Gasteiger charge is -1.81. The van der Waals surface area contributed by atoms with Gasteiger partial charge < -0.3 is 0 Å². The second kappa shape index (κ2) is 2.46. The maximum absolute atomic E-state index is 3.51. The Hall–Kier alpha value is 0.220. The van der Waals surface area contributed by atoms with Gasteiger partial charge in [0.05, 0.1) is 0 Å². The van der Waals surface area contributed by atoms with E-state index in [4.69, 9.17) is 0 Å². The molecule has 0 spiro atoms. The minimum absolute atomic E-state index is 0.461. The predicted molar refractivity (Wildman–Crippen MR) is 28.6 cm³/mol. The van der Waals surface area contributed by atoms with E-state index in [1.54, 1.807) is 0 Å². The molecule has 0 bridgehead atoms. The summed E-state index contributed by atoms with van der Waals surface area (Å²) < 4.78 is 0. The van der Waals surface area contributed by atoms with Gasteiger partial charge in [0.25, 0.3) is 0 Å². The van der Waals surface area contributed by atoms with Gasteiger partial charge in [-0.1, -0.05) is 22.0 Å². The van der Waals surface area contributed by atoms with Crippen LogP contribution >= 0.6 is 15.9 Å². The minimum Gasteiger partial charge on any atom is -0.102 e. The summed E-state index contributed by atoms with van der Waals surface area (Å²) >= 11 is 3.26. The van der Waals surface area contributed by atoms with Crippen molar-refractivity contribution in [2.45, 2.75) is 11.8 Å². The molecule has 0 saturated carbocycles. The molecule has 0 N–H and O–H groups in total. The van der Waals surface area contributed by atoms with Gasteiger partial charge >= 0.3 is 0 Å². The molecule has 0 aliphatic carbocycles. The first kappa shape index (κ1) is 5.22. The van der Waals surface area contributed by atoms with Crippen LogP contribution in [0.15, 0.2) is 12.7 Å². The Morgan fingerprint density at radius 2 is 2.20 bits per heavy atom. The van der Waals surface area contributed by atoms with E-state index >= 15 is 0 Å². The fourth-order valence-corrected chi connectivity index (χ4v) is 0. The van der Waals surface area contributed by atoms with Gasteiger partial charge in [-0.05, 0) is 6.92 Å². The van der Waals surface area contributed by atoms with E-state index in [1.807, 2.05) is 13.0 Å². The Morgan fingerprint density at radius 3 is 2.20 bits per heavy atom. The van der Waals surface area contributed by atoms with Crippen LogP contribution < -0.4 is 0 Å². The summed E-state index contributed by atoms with van der Waals surface area (Å²) in [7, 11) is 0. The highest BCUT2D eigenvalue weighted by molar-refractivity contribution is 9.09. The van der Waals surface area contributed by atoms with Crippen LogP contribution in [0.4, 0.5) is 0 Å². The fraction of sp³-hybridized carbons (Fsp3) is 0.500.